The molecule has 0 bridgehead atoms. The van der Waals surface area contributed by atoms with Crippen LogP contribution in [0.1, 0.15) is 26.7 Å². The fourth-order valence-electron chi connectivity index (χ4n) is 1.08. The maximum atomic E-state index is 11.1. The second-order valence-electron chi connectivity index (χ2n) is 3.58. The van der Waals surface area contributed by atoms with Gasteiger partial charge in [-0.1, -0.05) is 19.9 Å². The van der Waals surface area contributed by atoms with Gasteiger partial charge in [0.25, 0.3) is 0 Å². The van der Waals surface area contributed by atoms with E-state index >= 15 is 0 Å². The Morgan fingerprint density at radius 1 is 1.50 bits per heavy atom. The van der Waals surface area contributed by atoms with Crippen molar-refractivity contribution in [2.45, 2.75) is 32.7 Å². The van der Waals surface area contributed by atoms with Crippen molar-refractivity contribution in [2.24, 2.45) is 5.92 Å². The maximum absolute atomic E-state index is 11.1. The van der Waals surface area contributed by atoms with Crippen LogP contribution in [0, 0.1) is 5.92 Å². The standard InChI is InChI=1S/C10H17NO3/c1-4-5-9(12)11-8(10(13)14)6-7(2)3/h4,7-8H,1,5-6H2,2-3H3,(H,11,12)(H,13,14). The number of carboxylic acid groups (broad SMARTS) is 1. The normalized spacial score (nSPS) is 12.2. The Morgan fingerprint density at radius 2 is 2.07 bits per heavy atom. The van der Waals surface area contributed by atoms with Crippen molar-refractivity contribution in [2.75, 3.05) is 0 Å². The molecule has 0 radical (unpaired) electrons. The van der Waals surface area contributed by atoms with Crippen molar-refractivity contribution in [3.05, 3.63) is 12.7 Å². The van der Waals surface area contributed by atoms with Crippen LogP contribution in [0.3, 0.4) is 0 Å². The lowest BCUT2D eigenvalue weighted by Gasteiger charge is -2.15. The first-order valence-electron chi connectivity index (χ1n) is 4.60. The van der Waals surface area contributed by atoms with Crippen LogP contribution < -0.4 is 5.32 Å². The summed E-state index contributed by atoms with van der Waals surface area (Å²) in [5, 5.41) is 11.2. The van der Waals surface area contributed by atoms with Gasteiger partial charge in [-0.15, -0.1) is 6.58 Å². The van der Waals surface area contributed by atoms with Crippen LogP contribution in [0.25, 0.3) is 0 Å². The van der Waals surface area contributed by atoms with E-state index in [1.54, 1.807) is 0 Å². The van der Waals surface area contributed by atoms with E-state index in [2.05, 4.69) is 11.9 Å². The van der Waals surface area contributed by atoms with Gasteiger partial charge in [-0.3, -0.25) is 4.79 Å². The zero-order chi connectivity index (χ0) is 11.1. The van der Waals surface area contributed by atoms with Crippen LogP contribution in [0.5, 0.6) is 0 Å². The fourth-order valence-corrected chi connectivity index (χ4v) is 1.08. The third-order valence-electron chi connectivity index (χ3n) is 1.67. The van der Waals surface area contributed by atoms with Crippen LogP contribution >= 0.6 is 0 Å². The number of carbonyl (C=O) groups is 2. The van der Waals surface area contributed by atoms with Gasteiger partial charge in [0.2, 0.25) is 5.91 Å². The van der Waals surface area contributed by atoms with Gasteiger partial charge in [0.05, 0.1) is 0 Å². The van der Waals surface area contributed by atoms with E-state index < -0.39 is 12.0 Å². The minimum atomic E-state index is -0.990. The molecule has 0 aliphatic rings. The first kappa shape index (κ1) is 12.7. The molecular formula is C10H17NO3. The van der Waals surface area contributed by atoms with Gasteiger partial charge in [-0.2, -0.15) is 0 Å². The van der Waals surface area contributed by atoms with E-state index in [4.69, 9.17) is 5.11 Å². The monoisotopic (exact) mass is 199 g/mol. The highest BCUT2D eigenvalue weighted by Gasteiger charge is 2.20. The van der Waals surface area contributed by atoms with E-state index in [0.29, 0.717) is 6.42 Å². The number of amides is 1. The molecule has 1 unspecified atom stereocenters. The largest absolute Gasteiger partial charge is 0.480 e. The van der Waals surface area contributed by atoms with Gasteiger partial charge in [0.15, 0.2) is 0 Å². The number of rotatable bonds is 6. The predicted octanol–water partition coefficient (Wildman–Crippen LogP) is 1.18. The third-order valence-corrected chi connectivity index (χ3v) is 1.67. The van der Waals surface area contributed by atoms with Gasteiger partial charge < -0.3 is 10.4 Å². The van der Waals surface area contributed by atoms with Crippen LogP contribution in [-0.2, 0) is 9.59 Å². The Balaban J connectivity index is 4.15. The van der Waals surface area contributed by atoms with E-state index in [0.717, 1.165) is 0 Å². The lowest BCUT2D eigenvalue weighted by atomic mass is 10.0. The number of hydrogen-bond acceptors (Lipinski definition) is 2. The van der Waals surface area contributed by atoms with E-state index in [-0.39, 0.29) is 18.2 Å². The van der Waals surface area contributed by atoms with E-state index in [1.807, 2.05) is 13.8 Å². The Labute approximate surface area is 84.0 Å². The summed E-state index contributed by atoms with van der Waals surface area (Å²) >= 11 is 0. The number of aliphatic carboxylic acids is 1. The van der Waals surface area contributed by atoms with Crippen LogP contribution in [0.15, 0.2) is 12.7 Å². The average Bonchev–Trinajstić information content (AvgIpc) is 2.02. The van der Waals surface area contributed by atoms with Gasteiger partial charge in [0.1, 0.15) is 6.04 Å². The molecule has 0 aromatic rings. The summed E-state index contributed by atoms with van der Waals surface area (Å²) in [6.45, 7) is 7.23. The van der Waals surface area contributed by atoms with E-state index in [1.165, 1.54) is 6.08 Å². The number of carboxylic acids is 1. The molecule has 1 atom stereocenters. The summed E-state index contributed by atoms with van der Waals surface area (Å²) in [6.07, 6.45) is 2.05. The van der Waals surface area contributed by atoms with Gasteiger partial charge in [-0.05, 0) is 12.3 Å². The van der Waals surface area contributed by atoms with Crippen molar-refractivity contribution in [3.63, 3.8) is 0 Å². The zero-order valence-corrected chi connectivity index (χ0v) is 8.62. The summed E-state index contributed by atoms with van der Waals surface area (Å²) in [4.78, 5) is 21.8. The van der Waals surface area contributed by atoms with Crippen molar-refractivity contribution < 1.29 is 14.7 Å². The molecule has 80 valence electrons. The van der Waals surface area contributed by atoms with Crippen LogP contribution in [-0.4, -0.2) is 23.0 Å². The number of hydrogen-bond donors (Lipinski definition) is 2. The van der Waals surface area contributed by atoms with Gasteiger partial charge in [0, 0.05) is 6.42 Å². The second kappa shape index (κ2) is 6.18. The highest BCUT2D eigenvalue weighted by atomic mass is 16.4. The van der Waals surface area contributed by atoms with Crippen molar-refractivity contribution in [3.8, 4) is 0 Å². The van der Waals surface area contributed by atoms with E-state index in [9.17, 15) is 9.59 Å². The third kappa shape index (κ3) is 5.35. The molecule has 0 saturated carbocycles. The van der Waals surface area contributed by atoms with Crippen molar-refractivity contribution in [1.29, 1.82) is 0 Å². The fraction of sp³-hybridized carbons (Fsp3) is 0.600. The highest BCUT2D eigenvalue weighted by Crippen LogP contribution is 2.05. The first-order chi connectivity index (χ1) is 6.47. The first-order valence-corrected chi connectivity index (χ1v) is 4.60. The SMILES string of the molecule is C=CCC(=O)NC(CC(C)C)C(=O)O. The van der Waals surface area contributed by atoms with Gasteiger partial charge >= 0.3 is 5.97 Å². The summed E-state index contributed by atoms with van der Waals surface area (Å²) in [5.41, 5.74) is 0. The highest BCUT2D eigenvalue weighted by molar-refractivity contribution is 5.84. The smallest absolute Gasteiger partial charge is 0.326 e. The van der Waals surface area contributed by atoms with Crippen LogP contribution in [0.2, 0.25) is 0 Å². The molecule has 0 saturated heterocycles. The molecular weight excluding hydrogens is 182 g/mol. The zero-order valence-electron chi connectivity index (χ0n) is 8.62. The number of nitrogens with one attached hydrogen (secondary N) is 1. The topological polar surface area (TPSA) is 66.4 Å². The summed E-state index contributed by atoms with van der Waals surface area (Å²) in [5.74, 6) is -1.05. The van der Waals surface area contributed by atoms with Crippen LogP contribution in [0.4, 0.5) is 0 Å². The molecule has 0 aliphatic carbocycles. The quantitative estimate of drug-likeness (QED) is 0.631. The molecule has 2 N–H and O–H groups in total. The molecule has 14 heavy (non-hydrogen) atoms. The number of carbonyl (C=O) groups excluding carboxylic acids is 1. The Kier molecular flexibility index (Phi) is 5.60. The summed E-state index contributed by atoms with van der Waals surface area (Å²) in [7, 11) is 0. The molecule has 0 aliphatic heterocycles. The predicted molar refractivity (Wildman–Crippen MR) is 53.8 cm³/mol. The molecule has 0 aromatic heterocycles. The van der Waals surface area contributed by atoms with Gasteiger partial charge in [-0.25, -0.2) is 4.79 Å². The van der Waals surface area contributed by atoms with Crippen molar-refractivity contribution in [1.82, 2.24) is 5.32 Å². The Morgan fingerprint density at radius 3 is 2.43 bits per heavy atom. The lowest BCUT2D eigenvalue weighted by Crippen LogP contribution is -2.41. The molecule has 0 spiro atoms. The van der Waals surface area contributed by atoms with Crippen molar-refractivity contribution >= 4 is 11.9 Å². The molecule has 0 rings (SSSR count). The minimum absolute atomic E-state index is 0.155. The molecule has 4 nitrogen and oxygen atoms in total. The lowest BCUT2D eigenvalue weighted by molar-refractivity contribution is -0.142. The minimum Gasteiger partial charge on any atom is -0.480 e. The summed E-state index contributed by atoms with van der Waals surface area (Å²) in [6, 6.07) is -0.789. The second-order valence-corrected chi connectivity index (χ2v) is 3.58. The Hall–Kier alpha value is -1.32. The molecule has 0 aromatic carbocycles. The maximum Gasteiger partial charge on any atom is 0.326 e. The molecule has 0 heterocycles. The average molecular weight is 199 g/mol. The molecule has 1 amide bonds. The molecule has 0 fully saturated rings. The summed E-state index contributed by atoms with van der Waals surface area (Å²) < 4.78 is 0. The Bertz CT molecular complexity index is 223. The molecule has 4 heteroatoms.